The van der Waals surface area contributed by atoms with Gasteiger partial charge in [-0.3, -0.25) is 4.98 Å². The molecule has 14 heavy (non-hydrogen) atoms. The number of rotatable bonds is 4. The van der Waals surface area contributed by atoms with Crippen LogP contribution in [0, 0.1) is 0 Å². The Bertz CT molecular complexity index is 297. The summed E-state index contributed by atoms with van der Waals surface area (Å²) in [5.74, 6) is 0. The van der Waals surface area contributed by atoms with E-state index in [1.807, 2.05) is 32.0 Å². The van der Waals surface area contributed by atoms with E-state index in [9.17, 15) is 5.11 Å². The molecule has 0 aliphatic heterocycles. The molecule has 78 valence electrons. The smallest absolute Gasteiger partial charge is 0.0537 e. The van der Waals surface area contributed by atoms with Crippen molar-refractivity contribution in [1.29, 1.82) is 0 Å². The first kappa shape index (κ1) is 11.1. The van der Waals surface area contributed by atoms with Gasteiger partial charge < -0.3 is 10.8 Å². The number of hydrogen-bond donors (Lipinski definition) is 2. The SMILES string of the molecule is CC(C)(CO)c1cccc(CCN)n1. The summed E-state index contributed by atoms with van der Waals surface area (Å²) in [6.45, 7) is 4.66. The maximum absolute atomic E-state index is 9.20. The van der Waals surface area contributed by atoms with Crippen molar-refractivity contribution in [3.05, 3.63) is 29.6 Å². The molecule has 1 rings (SSSR count). The fourth-order valence-electron chi connectivity index (χ4n) is 1.22. The quantitative estimate of drug-likeness (QED) is 0.747. The monoisotopic (exact) mass is 194 g/mol. The minimum atomic E-state index is -0.273. The van der Waals surface area contributed by atoms with E-state index in [1.54, 1.807) is 0 Å². The van der Waals surface area contributed by atoms with Crippen LogP contribution in [-0.4, -0.2) is 23.2 Å². The molecule has 0 saturated carbocycles. The number of nitrogens with zero attached hydrogens (tertiary/aromatic N) is 1. The topological polar surface area (TPSA) is 59.1 Å². The van der Waals surface area contributed by atoms with Gasteiger partial charge in [-0.05, 0) is 18.7 Å². The first-order valence-electron chi connectivity index (χ1n) is 4.87. The second-order valence-corrected chi connectivity index (χ2v) is 4.09. The van der Waals surface area contributed by atoms with E-state index in [0.29, 0.717) is 6.54 Å². The number of aliphatic hydroxyl groups is 1. The number of pyridine rings is 1. The summed E-state index contributed by atoms with van der Waals surface area (Å²) in [6, 6.07) is 5.87. The number of aromatic nitrogens is 1. The van der Waals surface area contributed by atoms with Gasteiger partial charge >= 0.3 is 0 Å². The lowest BCUT2D eigenvalue weighted by Gasteiger charge is -2.21. The molecule has 0 unspecified atom stereocenters. The zero-order valence-electron chi connectivity index (χ0n) is 8.83. The maximum atomic E-state index is 9.20. The standard InChI is InChI=1S/C11H18N2O/c1-11(2,8-14)10-5-3-4-9(13-10)6-7-12/h3-5,14H,6-8,12H2,1-2H3. The van der Waals surface area contributed by atoms with Crippen molar-refractivity contribution in [2.75, 3.05) is 13.2 Å². The van der Waals surface area contributed by atoms with Crippen molar-refractivity contribution in [2.45, 2.75) is 25.7 Å². The highest BCUT2D eigenvalue weighted by atomic mass is 16.3. The van der Waals surface area contributed by atoms with Crippen LogP contribution in [0.5, 0.6) is 0 Å². The highest BCUT2D eigenvalue weighted by molar-refractivity contribution is 5.18. The predicted octanol–water partition coefficient (Wildman–Crippen LogP) is 0.853. The van der Waals surface area contributed by atoms with Crippen molar-refractivity contribution in [3.63, 3.8) is 0 Å². The van der Waals surface area contributed by atoms with Gasteiger partial charge in [0, 0.05) is 23.2 Å². The molecule has 0 amide bonds. The van der Waals surface area contributed by atoms with Crippen molar-refractivity contribution in [3.8, 4) is 0 Å². The highest BCUT2D eigenvalue weighted by Gasteiger charge is 2.20. The highest BCUT2D eigenvalue weighted by Crippen LogP contribution is 2.20. The average Bonchev–Trinajstić information content (AvgIpc) is 2.19. The Labute approximate surface area is 85.0 Å². The van der Waals surface area contributed by atoms with Crippen molar-refractivity contribution >= 4 is 0 Å². The van der Waals surface area contributed by atoms with Gasteiger partial charge in [0.2, 0.25) is 0 Å². The Morgan fingerprint density at radius 1 is 1.43 bits per heavy atom. The Hall–Kier alpha value is -0.930. The molecule has 1 aromatic heterocycles. The van der Waals surface area contributed by atoms with Crippen molar-refractivity contribution in [2.24, 2.45) is 5.73 Å². The number of nitrogens with two attached hydrogens (primary N) is 1. The fourth-order valence-corrected chi connectivity index (χ4v) is 1.22. The zero-order valence-corrected chi connectivity index (χ0v) is 8.83. The van der Waals surface area contributed by atoms with Crippen molar-refractivity contribution in [1.82, 2.24) is 4.98 Å². The maximum Gasteiger partial charge on any atom is 0.0537 e. The zero-order chi connectivity index (χ0) is 10.6. The molecule has 0 atom stereocenters. The van der Waals surface area contributed by atoms with E-state index in [-0.39, 0.29) is 12.0 Å². The molecular weight excluding hydrogens is 176 g/mol. The molecule has 3 nitrogen and oxygen atoms in total. The van der Waals surface area contributed by atoms with Crippen LogP contribution in [-0.2, 0) is 11.8 Å². The van der Waals surface area contributed by atoms with Crippen LogP contribution in [0.1, 0.15) is 25.2 Å². The third-order valence-corrected chi connectivity index (χ3v) is 2.30. The lowest BCUT2D eigenvalue weighted by Crippen LogP contribution is -2.24. The summed E-state index contributed by atoms with van der Waals surface area (Å²) < 4.78 is 0. The van der Waals surface area contributed by atoms with E-state index >= 15 is 0 Å². The van der Waals surface area contributed by atoms with Crippen LogP contribution in [0.25, 0.3) is 0 Å². The Kier molecular flexibility index (Phi) is 3.61. The van der Waals surface area contributed by atoms with Gasteiger partial charge in [-0.2, -0.15) is 0 Å². The van der Waals surface area contributed by atoms with E-state index in [0.717, 1.165) is 17.8 Å². The first-order chi connectivity index (χ1) is 6.60. The van der Waals surface area contributed by atoms with Gasteiger partial charge in [0.25, 0.3) is 0 Å². The van der Waals surface area contributed by atoms with E-state index in [2.05, 4.69) is 4.98 Å². The molecule has 0 aliphatic carbocycles. The van der Waals surface area contributed by atoms with Gasteiger partial charge in [-0.15, -0.1) is 0 Å². The molecule has 0 saturated heterocycles. The van der Waals surface area contributed by atoms with Crippen molar-refractivity contribution < 1.29 is 5.11 Å². The van der Waals surface area contributed by atoms with Crippen LogP contribution in [0.4, 0.5) is 0 Å². The molecule has 3 N–H and O–H groups in total. The summed E-state index contributed by atoms with van der Waals surface area (Å²) in [5.41, 5.74) is 7.10. The largest absolute Gasteiger partial charge is 0.395 e. The molecule has 0 bridgehead atoms. The van der Waals surface area contributed by atoms with Crippen LogP contribution < -0.4 is 5.73 Å². The molecule has 1 aromatic rings. The molecule has 1 heterocycles. The normalized spacial score (nSPS) is 11.7. The van der Waals surface area contributed by atoms with E-state index in [4.69, 9.17) is 5.73 Å². The summed E-state index contributed by atoms with van der Waals surface area (Å²) in [6.07, 6.45) is 0.787. The van der Waals surface area contributed by atoms with Crippen LogP contribution in [0.15, 0.2) is 18.2 Å². The Morgan fingerprint density at radius 2 is 2.14 bits per heavy atom. The van der Waals surface area contributed by atoms with Gasteiger partial charge in [0.1, 0.15) is 0 Å². The summed E-state index contributed by atoms with van der Waals surface area (Å²) in [7, 11) is 0. The van der Waals surface area contributed by atoms with E-state index < -0.39 is 0 Å². The third kappa shape index (κ3) is 2.53. The third-order valence-electron chi connectivity index (χ3n) is 2.30. The summed E-state index contributed by atoms with van der Waals surface area (Å²) >= 11 is 0. The predicted molar refractivity (Wildman–Crippen MR) is 57.1 cm³/mol. The molecule has 0 spiro atoms. The lowest BCUT2D eigenvalue weighted by atomic mass is 9.90. The van der Waals surface area contributed by atoms with Gasteiger partial charge in [-0.1, -0.05) is 19.9 Å². The number of hydrogen-bond acceptors (Lipinski definition) is 3. The minimum Gasteiger partial charge on any atom is -0.395 e. The average molecular weight is 194 g/mol. The van der Waals surface area contributed by atoms with Crippen LogP contribution in [0.2, 0.25) is 0 Å². The molecule has 0 fully saturated rings. The second kappa shape index (κ2) is 4.53. The van der Waals surface area contributed by atoms with E-state index in [1.165, 1.54) is 0 Å². The summed E-state index contributed by atoms with van der Waals surface area (Å²) in [5, 5.41) is 9.20. The molecule has 0 aliphatic rings. The fraction of sp³-hybridized carbons (Fsp3) is 0.545. The van der Waals surface area contributed by atoms with Crippen LogP contribution in [0.3, 0.4) is 0 Å². The molecule has 0 aromatic carbocycles. The van der Waals surface area contributed by atoms with Gasteiger partial charge in [-0.25, -0.2) is 0 Å². The lowest BCUT2D eigenvalue weighted by molar-refractivity contribution is 0.215. The second-order valence-electron chi connectivity index (χ2n) is 4.09. The first-order valence-corrected chi connectivity index (χ1v) is 4.87. The Morgan fingerprint density at radius 3 is 2.71 bits per heavy atom. The van der Waals surface area contributed by atoms with Gasteiger partial charge in [0.15, 0.2) is 0 Å². The molecule has 0 radical (unpaired) electrons. The summed E-state index contributed by atoms with van der Waals surface area (Å²) in [4.78, 5) is 4.46. The van der Waals surface area contributed by atoms with Crippen LogP contribution >= 0.6 is 0 Å². The number of aliphatic hydroxyl groups excluding tert-OH is 1. The minimum absolute atomic E-state index is 0.103. The molecule has 3 heteroatoms. The molecular formula is C11H18N2O. The Balaban J connectivity index is 2.93. The van der Waals surface area contributed by atoms with Gasteiger partial charge in [0.05, 0.1) is 6.61 Å².